The number of carbonyl (C=O) groups excluding carboxylic acids is 3. The lowest BCUT2D eigenvalue weighted by molar-refractivity contribution is -0.159. The van der Waals surface area contributed by atoms with Gasteiger partial charge in [-0.05, 0) is 39.5 Å². The highest BCUT2D eigenvalue weighted by molar-refractivity contribution is 5.84. The van der Waals surface area contributed by atoms with E-state index in [1.54, 1.807) is 13.8 Å². The van der Waals surface area contributed by atoms with E-state index in [1.807, 2.05) is 13.8 Å². The maximum atomic E-state index is 12.2. The monoisotopic (exact) mass is 399 g/mol. The molecule has 4 atom stereocenters. The quantitative estimate of drug-likeness (QED) is 0.413. The zero-order valence-electron chi connectivity index (χ0n) is 18.7. The summed E-state index contributed by atoms with van der Waals surface area (Å²) in [7, 11) is 0. The van der Waals surface area contributed by atoms with Crippen LogP contribution in [-0.2, 0) is 23.9 Å². The van der Waals surface area contributed by atoms with Gasteiger partial charge >= 0.3 is 11.9 Å². The Balaban J connectivity index is 4.36. The Hall–Kier alpha value is -1.59. The fourth-order valence-electron chi connectivity index (χ4n) is 2.93. The van der Waals surface area contributed by atoms with Gasteiger partial charge in [0.25, 0.3) is 5.91 Å². The second-order valence-electron chi connectivity index (χ2n) is 7.57. The predicted octanol–water partition coefficient (Wildman–Crippen LogP) is 4.40. The molecule has 0 bridgehead atoms. The summed E-state index contributed by atoms with van der Waals surface area (Å²) in [6.07, 6.45) is 5.81. The number of unbranched alkanes of at least 4 members (excludes halogenated alkanes) is 2. The molecule has 0 spiro atoms. The van der Waals surface area contributed by atoms with E-state index in [0.717, 1.165) is 44.9 Å². The van der Waals surface area contributed by atoms with Crippen molar-refractivity contribution < 1.29 is 23.9 Å². The molecular weight excluding hydrogens is 358 g/mol. The van der Waals surface area contributed by atoms with Gasteiger partial charge in [0.05, 0.1) is 18.4 Å². The smallest absolute Gasteiger partial charge is 0.309 e. The Labute approximate surface area is 171 Å². The van der Waals surface area contributed by atoms with Crippen molar-refractivity contribution in [3.63, 3.8) is 0 Å². The maximum absolute atomic E-state index is 12.2. The van der Waals surface area contributed by atoms with Crippen molar-refractivity contribution in [2.24, 2.45) is 11.8 Å². The number of hydrogen-bond donors (Lipinski definition) is 1. The van der Waals surface area contributed by atoms with E-state index in [-0.39, 0.29) is 36.2 Å². The lowest BCUT2D eigenvalue weighted by Gasteiger charge is -2.21. The molecule has 1 amide bonds. The van der Waals surface area contributed by atoms with E-state index >= 15 is 0 Å². The fourth-order valence-corrected chi connectivity index (χ4v) is 2.93. The highest BCUT2D eigenvalue weighted by atomic mass is 16.6. The zero-order valence-corrected chi connectivity index (χ0v) is 18.7. The summed E-state index contributed by atoms with van der Waals surface area (Å²) in [6.45, 7) is 11.6. The zero-order chi connectivity index (χ0) is 21.5. The summed E-state index contributed by atoms with van der Waals surface area (Å²) in [5.41, 5.74) is 0. The lowest BCUT2D eigenvalue weighted by atomic mass is 10.00. The molecule has 1 N–H and O–H groups in total. The van der Waals surface area contributed by atoms with Crippen LogP contribution in [0.1, 0.15) is 92.9 Å². The van der Waals surface area contributed by atoms with Gasteiger partial charge in [0.15, 0.2) is 6.10 Å². The van der Waals surface area contributed by atoms with Crippen LogP contribution >= 0.6 is 0 Å². The first-order valence-electron chi connectivity index (χ1n) is 11.0. The largest absolute Gasteiger partial charge is 0.461 e. The first kappa shape index (κ1) is 26.4. The molecule has 0 aliphatic heterocycles. The van der Waals surface area contributed by atoms with Crippen LogP contribution in [0.4, 0.5) is 0 Å². The van der Waals surface area contributed by atoms with Crippen LogP contribution in [0.3, 0.4) is 0 Å². The molecule has 0 aromatic rings. The molecular formula is C22H41NO5. The number of ether oxygens (including phenoxy) is 2. The summed E-state index contributed by atoms with van der Waals surface area (Å²) < 4.78 is 10.8. The van der Waals surface area contributed by atoms with E-state index in [2.05, 4.69) is 19.2 Å². The molecule has 0 heterocycles. The van der Waals surface area contributed by atoms with E-state index < -0.39 is 12.2 Å². The van der Waals surface area contributed by atoms with E-state index in [0.29, 0.717) is 6.42 Å². The summed E-state index contributed by atoms with van der Waals surface area (Å²) in [6, 6.07) is 0. The molecule has 6 heteroatoms. The SMILES string of the molecule is CCCC[C@H](CC)C(=O)O[C@H](C)CNC(=O)[C@H](C)OC(=O)[C@@H](CC)CCCC. The summed E-state index contributed by atoms with van der Waals surface area (Å²) >= 11 is 0. The molecule has 164 valence electrons. The third-order valence-corrected chi connectivity index (χ3v) is 5.01. The average Bonchev–Trinajstić information content (AvgIpc) is 2.67. The van der Waals surface area contributed by atoms with Gasteiger partial charge < -0.3 is 14.8 Å². The van der Waals surface area contributed by atoms with E-state index in [1.165, 1.54) is 0 Å². The van der Waals surface area contributed by atoms with Crippen molar-refractivity contribution in [1.82, 2.24) is 5.32 Å². The molecule has 0 unspecified atom stereocenters. The molecule has 0 saturated carbocycles. The van der Waals surface area contributed by atoms with Crippen molar-refractivity contribution in [3.05, 3.63) is 0 Å². The van der Waals surface area contributed by atoms with Crippen LogP contribution in [0, 0.1) is 11.8 Å². The molecule has 0 rings (SSSR count). The predicted molar refractivity (Wildman–Crippen MR) is 111 cm³/mol. The van der Waals surface area contributed by atoms with Gasteiger partial charge in [-0.15, -0.1) is 0 Å². The standard InChI is InChI=1S/C22H41NO5/c1-7-11-13-18(9-3)21(25)27-16(5)15-23-20(24)17(6)28-22(26)19(10-4)14-12-8-2/h16-19H,7-15H2,1-6H3,(H,23,24)/t16-,17+,18+,19+/m1/s1. The van der Waals surface area contributed by atoms with Crippen molar-refractivity contribution >= 4 is 17.8 Å². The Morgan fingerprint density at radius 2 is 1.25 bits per heavy atom. The summed E-state index contributed by atoms with van der Waals surface area (Å²) in [5.74, 6) is -1.16. The summed E-state index contributed by atoms with van der Waals surface area (Å²) in [5, 5.41) is 2.70. The molecule has 28 heavy (non-hydrogen) atoms. The van der Waals surface area contributed by atoms with Crippen molar-refractivity contribution in [1.29, 1.82) is 0 Å². The molecule has 0 aliphatic carbocycles. The molecule has 0 aliphatic rings. The number of esters is 2. The molecule has 6 nitrogen and oxygen atoms in total. The Kier molecular flexibility index (Phi) is 14.5. The molecule has 0 aromatic heterocycles. The topological polar surface area (TPSA) is 81.7 Å². The third-order valence-electron chi connectivity index (χ3n) is 5.01. The van der Waals surface area contributed by atoms with Crippen molar-refractivity contribution in [2.75, 3.05) is 6.54 Å². The second-order valence-corrected chi connectivity index (χ2v) is 7.57. The van der Waals surface area contributed by atoms with Crippen molar-refractivity contribution in [2.45, 2.75) is 105 Å². The molecule has 0 fully saturated rings. The van der Waals surface area contributed by atoms with Crippen LogP contribution in [0.15, 0.2) is 0 Å². The van der Waals surface area contributed by atoms with Gasteiger partial charge in [0.1, 0.15) is 6.10 Å². The first-order chi connectivity index (χ1) is 13.3. The highest BCUT2D eigenvalue weighted by Gasteiger charge is 2.24. The fraction of sp³-hybridized carbons (Fsp3) is 0.864. The van der Waals surface area contributed by atoms with Gasteiger partial charge in [0.2, 0.25) is 0 Å². The van der Waals surface area contributed by atoms with Gasteiger partial charge in [0, 0.05) is 0 Å². The minimum Gasteiger partial charge on any atom is -0.461 e. The first-order valence-corrected chi connectivity index (χ1v) is 11.0. The summed E-state index contributed by atoms with van der Waals surface area (Å²) in [4.78, 5) is 36.6. The van der Waals surface area contributed by atoms with Gasteiger partial charge in [-0.25, -0.2) is 0 Å². The lowest BCUT2D eigenvalue weighted by Crippen LogP contribution is -2.41. The van der Waals surface area contributed by atoms with E-state index in [4.69, 9.17) is 9.47 Å². The number of hydrogen-bond acceptors (Lipinski definition) is 5. The van der Waals surface area contributed by atoms with Crippen LogP contribution < -0.4 is 5.32 Å². The molecule has 0 saturated heterocycles. The third kappa shape index (κ3) is 10.7. The number of rotatable bonds is 15. The Bertz CT molecular complexity index is 466. The molecule has 0 radical (unpaired) electrons. The van der Waals surface area contributed by atoms with Gasteiger partial charge in [-0.3, -0.25) is 14.4 Å². The van der Waals surface area contributed by atoms with Crippen LogP contribution in [0.2, 0.25) is 0 Å². The van der Waals surface area contributed by atoms with Crippen LogP contribution in [-0.4, -0.2) is 36.6 Å². The van der Waals surface area contributed by atoms with Gasteiger partial charge in [-0.2, -0.15) is 0 Å². The maximum Gasteiger partial charge on any atom is 0.309 e. The number of carbonyl (C=O) groups is 3. The van der Waals surface area contributed by atoms with Crippen molar-refractivity contribution in [3.8, 4) is 0 Å². The minimum absolute atomic E-state index is 0.0907. The van der Waals surface area contributed by atoms with Crippen LogP contribution in [0.25, 0.3) is 0 Å². The number of amides is 1. The number of nitrogens with one attached hydrogen (secondary N) is 1. The normalized spacial score (nSPS) is 15.2. The Morgan fingerprint density at radius 3 is 1.68 bits per heavy atom. The average molecular weight is 400 g/mol. The van der Waals surface area contributed by atoms with E-state index in [9.17, 15) is 14.4 Å². The van der Waals surface area contributed by atoms with Gasteiger partial charge in [-0.1, -0.05) is 53.4 Å². The molecule has 0 aromatic carbocycles. The Morgan fingerprint density at radius 1 is 0.786 bits per heavy atom. The highest BCUT2D eigenvalue weighted by Crippen LogP contribution is 2.16. The minimum atomic E-state index is -0.862. The van der Waals surface area contributed by atoms with Crippen LogP contribution in [0.5, 0.6) is 0 Å². The second kappa shape index (κ2) is 15.3.